The van der Waals surface area contributed by atoms with Crippen LogP contribution in [0.3, 0.4) is 0 Å². The molecule has 0 aliphatic carbocycles. The third kappa shape index (κ3) is 1.99. The molecule has 0 bridgehead atoms. The van der Waals surface area contributed by atoms with Crippen molar-refractivity contribution >= 4 is 0 Å². The first-order valence-electron chi connectivity index (χ1n) is 4.65. The highest BCUT2D eigenvalue weighted by Crippen LogP contribution is 2.31. The zero-order valence-electron chi connectivity index (χ0n) is 9.09. The minimum absolute atomic E-state index is 0.115. The third-order valence-corrected chi connectivity index (χ3v) is 2.44. The number of benzene rings is 1. The number of rotatable bonds is 3. The summed E-state index contributed by atoms with van der Waals surface area (Å²) in [5.41, 5.74) is 1.80. The Morgan fingerprint density at radius 2 is 2.07 bits per heavy atom. The van der Waals surface area contributed by atoms with Crippen molar-refractivity contribution < 1.29 is 9.84 Å². The molecule has 0 aliphatic heterocycles. The largest absolute Gasteiger partial charge is 0.508 e. The van der Waals surface area contributed by atoms with Gasteiger partial charge in [0.2, 0.25) is 0 Å². The van der Waals surface area contributed by atoms with Crippen LogP contribution in [-0.2, 0) is 0 Å². The smallest absolute Gasteiger partial charge is 0.122 e. The van der Waals surface area contributed by atoms with Gasteiger partial charge < -0.3 is 15.2 Å². The lowest BCUT2D eigenvalue weighted by atomic mass is 10.0. The molecule has 1 aromatic carbocycles. The van der Waals surface area contributed by atoms with E-state index in [4.69, 9.17) is 4.74 Å². The molecular weight excluding hydrogens is 178 g/mol. The van der Waals surface area contributed by atoms with E-state index in [1.54, 1.807) is 13.2 Å². The SMILES string of the molecule is CN[C@H](C)c1cc(OC)c(C)cc1O. The Balaban J connectivity index is 3.17. The maximum absolute atomic E-state index is 9.72. The van der Waals surface area contributed by atoms with Crippen LogP contribution in [0.5, 0.6) is 11.5 Å². The fourth-order valence-electron chi connectivity index (χ4n) is 1.41. The molecule has 14 heavy (non-hydrogen) atoms. The molecular formula is C11H17NO2. The van der Waals surface area contributed by atoms with Crippen molar-refractivity contribution in [1.82, 2.24) is 5.32 Å². The van der Waals surface area contributed by atoms with Crippen molar-refractivity contribution in [2.75, 3.05) is 14.2 Å². The number of aromatic hydroxyl groups is 1. The Labute approximate surface area is 84.7 Å². The highest BCUT2D eigenvalue weighted by molar-refractivity contribution is 5.46. The van der Waals surface area contributed by atoms with E-state index >= 15 is 0 Å². The molecule has 0 aromatic heterocycles. The number of ether oxygens (including phenoxy) is 1. The summed E-state index contributed by atoms with van der Waals surface area (Å²) in [7, 11) is 3.49. The first-order chi connectivity index (χ1) is 6.60. The molecule has 0 amide bonds. The maximum atomic E-state index is 9.72. The second-order valence-electron chi connectivity index (χ2n) is 3.39. The summed E-state index contributed by atoms with van der Waals surface area (Å²) in [6, 6.07) is 3.71. The lowest BCUT2D eigenvalue weighted by Gasteiger charge is -2.15. The highest BCUT2D eigenvalue weighted by atomic mass is 16.5. The molecule has 3 nitrogen and oxygen atoms in total. The maximum Gasteiger partial charge on any atom is 0.122 e. The number of phenolic OH excluding ortho intramolecular Hbond substituents is 1. The number of hydrogen-bond acceptors (Lipinski definition) is 3. The van der Waals surface area contributed by atoms with Gasteiger partial charge in [-0.15, -0.1) is 0 Å². The summed E-state index contributed by atoms with van der Waals surface area (Å²) in [6.07, 6.45) is 0. The van der Waals surface area contributed by atoms with Crippen LogP contribution in [0.1, 0.15) is 24.1 Å². The summed E-state index contributed by atoms with van der Waals surface area (Å²) in [6.45, 7) is 3.90. The molecule has 78 valence electrons. The van der Waals surface area contributed by atoms with Gasteiger partial charge in [0.1, 0.15) is 11.5 Å². The Morgan fingerprint density at radius 1 is 1.43 bits per heavy atom. The number of nitrogens with one attached hydrogen (secondary N) is 1. The Hall–Kier alpha value is -1.22. The van der Waals surface area contributed by atoms with Crippen LogP contribution in [0.4, 0.5) is 0 Å². The minimum Gasteiger partial charge on any atom is -0.508 e. The van der Waals surface area contributed by atoms with Crippen molar-refractivity contribution in [3.8, 4) is 11.5 Å². The van der Waals surface area contributed by atoms with Crippen LogP contribution in [0.15, 0.2) is 12.1 Å². The van der Waals surface area contributed by atoms with Gasteiger partial charge in [-0.2, -0.15) is 0 Å². The zero-order chi connectivity index (χ0) is 10.7. The van der Waals surface area contributed by atoms with Gasteiger partial charge in [-0.05, 0) is 38.6 Å². The molecule has 3 heteroatoms. The summed E-state index contributed by atoms with van der Waals surface area (Å²) >= 11 is 0. The monoisotopic (exact) mass is 195 g/mol. The van der Waals surface area contributed by atoms with E-state index in [0.29, 0.717) is 5.75 Å². The van der Waals surface area contributed by atoms with E-state index in [1.165, 1.54) is 0 Å². The van der Waals surface area contributed by atoms with E-state index in [2.05, 4.69) is 5.32 Å². The zero-order valence-corrected chi connectivity index (χ0v) is 9.09. The normalized spacial score (nSPS) is 12.6. The quantitative estimate of drug-likeness (QED) is 0.775. The second-order valence-corrected chi connectivity index (χ2v) is 3.39. The predicted molar refractivity (Wildman–Crippen MR) is 56.9 cm³/mol. The van der Waals surface area contributed by atoms with Gasteiger partial charge >= 0.3 is 0 Å². The first-order valence-corrected chi connectivity index (χ1v) is 4.65. The number of phenols is 1. The summed E-state index contributed by atoms with van der Waals surface area (Å²) < 4.78 is 5.20. The molecule has 0 saturated carbocycles. The van der Waals surface area contributed by atoms with Gasteiger partial charge in [-0.3, -0.25) is 0 Å². The van der Waals surface area contributed by atoms with Gasteiger partial charge in [0.15, 0.2) is 0 Å². The van der Waals surface area contributed by atoms with Crippen LogP contribution in [0, 0.1) is 6.92 Å². The molecule has 1 aromatic rings. The fourth-order valence-corrected chi connectivity index (χ4v) is 1.41. The predicted octanol–water partition coefficient (Wildman–Crippen LogP) is 1.99. The molecule has 0 radical (unpaired) electrons. The Kier molecular flexibility index (Phi) is 3.36. The average molecular weight is 195 g/mol. The number of hydrogen-bond donors (Lipinski definition) is 2. The third-order valence-electron chi connectivity index (χ3n) is 2.44. The lowest BCUT2D eigenvalue weighted by Crippen LogP contribution is -2.12. The average Bonchev–Trinajstić information content (AvgIpc) is 2.17. The molecule has 0 spiro atoms. The van der Waals surface area contributed by atoms with E-state index in [-0.39, 0.29) is 6.04 Å². The number of methoxy groups -OCH3 is 1. The molecule has 0 saturated heterocycles. The van der Waals surface area contributed by atoms with E-state index < -0.39 is 0 Å². The van der Waals surface area contributed by atoms with Crippen molar-refractivity contribution in [2.45, 2.75) is 19.9 Å². The summed E-state index contributed by atoms with van der Waals surface area (Å²) in [5, 5.41) is 12.8. The minimum atomic E-state index is 0.115. The summed E-state index contributed by atoms with van der Waals surface area (Å²) in [5.74, 6) is 1.12. The Bertz CT molecular complexity index is 323. The Morgan fingerprint density at radius 3 is 2.57 bits per heavy atom. The molecule has 0 aliphatic rings. The van der Waals surface area contributed by atoms with Gasteiger partial charge in [-0.1, -0.05) is 0 Å². The lowest BCUT2D eigenvalue weighted by molar-refractivity contribution is 0.405. The molecule has 0 heterocycles. The van der Waals surface area contributed by atoms with Gasteiger partial charge in [0, 0.05) is 11.6 Å². The van der Waals surface area contributed by atoms with E-state index in [0.717, 1.165) is 16.9 Å². The van der Waals surface area contributed by atoms with Gasteiger partial charge in [0.25, 0.3) is 0 Å². The van der Waals surface area contributed by atoms with Crippen LogP contribution in [0.25, 0.3) is 0 Å². The van der Waals surface area contributed by atoms with Crippen molar-refractivity contribution in [3.05, 3.63) is 23.3 Å². The highest BCUT2D eigenvalue weighted by Gasteiger charge is 2.11. The van der Waals surface area contributed by atoms with Gasteiger partial charge in [-0.25, -0.2) is 0 Å². The molecule has 1 rings (SSSR count). The van der Waals surface area contributed by atoms with E-state index in [1.807, 2.05) is 27.0 Å². The summed E-state index contributed by atoms with van der Waals surface area (Å²) in [4.78, 5) is 0. The van der Waals surface area contributed by atoms with Crippen molar-refractivity contribution in [1.29, 1.82) is 0 Å². The first kappa shape index (κ1) is 10.9. The van der Waals surface area contributed by atoms with Gasteiger partial charge in [0.05, 0.1) is 7.11 Å². The van der Waals surface area contributed by atoms with Crippen LogP contribution >= 0.6 is 0 Å². The van der Waals surface area contributed by atoms with Crippen molar-refractivity contribution in [2.24, 2.45) is 0 Å². The van der Waals surface area contributed by atoms with Crippen molar-refractivity contribution in [3.63, 3.8) is 0 Å². The standard InChI is InChI=1S/C11H17NO2/c1-7-5-10(13)9(8(2)12-3)6-11(7)14-4/h5-6,8,12-13H,1-4H3/t8-/m1/s1. The van der Waals surface area contributed by atoms with E-state index in [9.17, 15) is 5.11 Å². The molecule has 0 unspecified atom stereocenters. The second kappa shape index (κ2) is 4.33. The molecule has 0 fully saturated rings. The van der Waals surface area contributed by atoms with Crippen LogP contribution in [0.2, 0.25) is 0 Å². The molecule has 1 atom stereocenters. The number of aryl methyl sites for hydroxylation is 1. The van der Waals surface area contributed by atoms with Crippen LogP contribution in [-0.4, -0.2) is 19.3 Å². The topological polar surface area (TPSA) is 41.5 Å². The molecule has 2 N–H and O–H groups in total. The van der Waals surface area contributed by atoms with Crippen LogP contribution < -0.4 is 10.1 Å². The fraction of sp³-hybridized carbons (Fsp3) is 0.455.